The average Bonchev–Trinajstić information content (AvgIpc) is 2.80. The molecule has 1 fully saturated rings. The molecule has 1 amide bonds. The number of carbonyl (C=O) groups is 1. The van der Waals surface area contributed by atoms with E-state index in [1.54, 1.807) is 6.07 Å². The standard InChI is InChI=1S/C26H25N3O/c1-19-10-13-23(29-14-6-3-7-15-29)17-24(19)26(30)28-25-16-21(11-12-22(25)18-27)20-8-4-2-5-9-20/h2,4-5,8-13,16-17H,3,6-7,14-15H2,1H3,(H,28,30). The van der Waals surface area contributed by atoms with Crippen LogP contribution < -0.4 is 10.2 Å². The molecule has 0 bridgehead atoms. The Kier molecular flexibility index (Phi) is 5.81. The second-order valence-electron chi connectivity index (χ2n) is 7.74. The topological polar surface area (TPSA) is 56.1 Å². The molecule has 0 aromatic heterocycles. The number of nitrogens with one attached hydrogen (secondary N) is 1. The molecule has 0 aliphatic carbocycles. The van der Waals surface area contributed by atoms with Crippen molar-refractivity contribution in [3.8, 4) is 17.2 Å². The average molecular weight is 396 g/mol. The van der Waals surface area contributed by atoms with E-state index < -0.39 is 0 Å². The van der Waals surface area contributed by atoms with Crippen LogP contribution in [0, 0.1) is 18.3 Å². The van der Waals surface area contributed by atoms with Gasteiger partial charge in [0.25, 0.3) is 5.91 Å². The van der Waals surface area contributed by atoms with Gasteiger partial charge in [-0.25, -0.2) is 0 Å². The fourth-order valence-electron chi connectivity index (χ4n) is 3.95. The molecule has 1 aliphatic heterocycles. The van der Waals surface area contributed by atoms with Gasteiger partial charge in [0.2, 0.25) is 0 Å². The first-order valence-corrected chi connectivity index (χ1v) is 10.4. The number of hydrogen-bond acceptors (Lipinski definition) is 3. The van der Waals surface area contributed by atoms with Crippen LogP contribution in [0.1, 0.15) is 40.7 Å². The molecule has 4 heteroatoms. The SMILES string of the molecule is Cc1ccc(N2CCCCC2)cc1C(=O)Nc1cc(-c2ccccc2)ccc1C#N. The van der Waals surface area contributed by atoms with E-state index in [0.29, 0.717) is 16.8 Å². The summed E-state index contributed by atoms with van der Waals surface area (Å²) in [5, 5.41) is 12.5. The van der Waals surface area contributed by atoms with Crippen LogP contribution >= 0.6 is 0 Å². The summed E-state index contributed by atoms with van der Waals surface area (Å²) < 4.78 is 0. The van der Waals surface area contributed by atoms with E-state index in [0.717, 1.165) is 35.5 Å². The van der Waals surface area contributed by atoms with Crippen LogP contribution in [0.3, 0.4) is 0 Å². The summed E-state index contributed by atoms with van der Waals surface area (Å²) in [6.07, 6.45) is 3.64. The van der Waals surface area contributed by atoms with Crippen LogP contribution in [0.25, 0.3) is 11.1 Å². The smallest absolute Gasteiger partial charge is 0.256 e. The van der Waals surface area contributed by atoms with Gasteiger partial charge in [0.1, 0.15) is 6.07 Å². The minimum absolute atomic E-state index is 0.187. The third-order valence-corrected chi connectivity index (χ3v) is 5.68. The highest BCUT2D eigenvalue weighted by Gasteiger charge is 2.16. The summed E-state index contributed by atoms with van der Waals surface area (Å²) in [7, 11) is 0. The number of benzene rings is 3. The summed E-state index contributed by atoms with van der Waals surface area (Å²) in [6, 6.07) is 23.7. The highest BCUT2D eigenvalue weighted by Crippen LogP contribution is 2.27. The Bertz CT molecular complexity index is 1090. The summed E-state index contributed by atoms with van der Waals surface area (Å²) in [5.74, 6) is -0.187. The molecule has 1 N–H and O–H groups in total. The van der Waals surface area contributed by atoms with Gasteiger partial charge in [0.05, 0.1) is 11.3 Å². The van der Waals surface area contributed by atoms with E-state index in [9.17, 15) is 10.1 Å². The zero-order valence-electron chi connectivity index (χ0n) is 17.2. The predicted molar refractivity (Wildman–Crippen MR) is 122 cm³/mol. The summed E-state index contributed by atoms with van der Waals surface area (Å²) in [5.41, 5.74) is 5.64. The number of rotatable bonds is 4. The number of carbonyl (C=O) groups excluding carboxylic acids is 1. The maximum atomic E-state index is 13.1. The van der Waals surface area contributed by atoms with Crippen LogP contribution in [-0.4, -0.2) is 19.0 Å². The van der Waals surface area contributed by atoms with Crippen LogP contribution in [-0.2, 0) is 0 Å². The van der Waals surface area contributed by atoms with Gasteiger partial charge in [-0.05, 0) is 67.1 Å². The molecule has 0 atom stereocenters. The molecule has 4 nitrogen and oxygen atoms in total. The van der Waals surface area contributed by atoms with E-state index in [2.05, 4.69) is 22.4 Å². The second-order valence-corrected chi connectivity index (χ2v) is 7.74. The Balaban J connectivity index is 1.63. The van der Waals surface area contributed by atoms with Crippen molar-refractivity contribution in [2.24, 2.45) is 0 Å². The lowest BCUT2D eigenvalue weighted by Crippen LogP contribution is -2.29. The molecule has 1 saturated heterocycles. The van der Waals surface area contributed by atoms with Crippen LogP contribution in [0.4, 0.5) is 11.4 Å². The Morgan fingerprint density at radius 3 is 2.43 bits per heavy atom. The summed E-state index contributed by atoms with van der Waals surface area (Å²) >= 11 is 0. The van der Waals surface area contributed by atoms with Crippen LogP contribution in [0.2, 0.25) is 0 Å². The Labute approximate surface area is 177 Å². The molecule has 0 unspecified atom stereocenters. The van der Waals surface area contributed by atoms with E-state index in [-0.39, 0.29) is 5.91 Å². The van der Waals surface area contributed by atoms with E-state index in [4.69, 9.17) is 0 Å². The van der Waals surface area contributed by atoms with Crippen molar-refractivity contribution in [3.05, 3.63) is 83.4 Å². The molecular weight excluding hydrogens is 370 g/mol. The van der Waals surface area contributed by atoms with Gasteiger partial charge in [0.15, 0.2) is 0 Å². The van der Waals surface area contributed by atoms with E-state index in [1.807, 2.05) is 61.5 Å². The van der Waals surface area contributed by atoms with Crippen molar-refractivity contribution in [3.63, 3.8) is 0 Å². The maximum absolute atomic E-state index is 13.1. The lowest BCUT2D eigenvalue weighted by Gasteiger charge is -2.29. The number of anilines is 2. The third-order valence-electron chi connectivity index (χ3n) is 5.68. The molecule has 0 saturated carbocycles. The van der Waals surface area contributed by atoms with Gasteiger partial charge in [0, 0.05) is 24.3 Å². The van der Waals surface area contributed by atoms with Crippen molar-refractivity contribution in [1.82, 2.24) is 0 Å². The summed E-state index contributed by atoms with van der Waals surface area (Å²) in [4.78, 5) is 15.5. The fourth-order valence-corrected chi connectivity index (χ4v) is 3.95. The lowest BCUT2D eigenvalue weighted by molar-refractivity contribution is 0.102. The van der Waals surface area contributed by atoms with Crippen molar-refractivity contribution in [1.29, 1.82) is 5.26 Å². The minimum Gasteiger partial charge on any atom is -0.372 e. The molecule has 30 heavy (non-hydrogen) atoms. The van der Waals surface area contributed by atoms with Gasteiger partial charge in [-0.1, -0.05) is 42.5 Å². The Morgan fingerprint density at radius 2 is 1.70 bits per heavy atom. The first kappa shape index (κ1) is 19.7. The van der Waals surface area contributed by atoms with Crippen molar-refractivity contribution < 1.29 is 4.79 Å². The molecule has 4 rings (SSSR count). The second kappa shape index (κ2) is 8.84. The van der Waals surface area contributed by atoms with Crippen LogP contribution in [0.15, 0.2) is 66.7 Å². The number of amides is 1. The van der Waals surface area contributed by atoms with Crippen LogP contribution in [0.5, 0.6) is 0 Å². The zero-order chi connectivity index (χ0) is 20.9. The van der Waals surface area contributed by atoms with Crippen molar-refractivity contribution in [2.45, 2.75) is 26.2 Å². The van der Waals surface area contributed by atoms with Crippen molar-refractivity contribution in [2.75, 3.05) is 23.3 Å². The number of piperidine rings is 1. The quantitative estimate of drug-likeness (QED) is 0.609. The van der Waals surface area contributed by atoms with E-state index >= 15 is 0 Å². The van der Waals surface area contributed by atoms with E-state index in [1.165, 1.54) is 19.3 Å². The fraction of sp³-hybridized carbons (Fsp3) is 0.231. The first-order chi connectivity index (χ1) is 14.7. The Morgan fingerprint density at radius 1 is 0.933 bits per heavy atom. The van der Waals surface area contributed by atoms with Gasteiger partial charge in [-0.15, -0.1) is 0 Å². The molecule has 0 radical (unpaired) electrons. The highest BCUT2D eigenvalue weighted by molar-refractivity contribution is 6.06. The van der Waals surface area contributed by atoms with Crippen molar-refractivity contribution >= 4 is 17.3 Å². The molecule has 1 heterocycles. The normalized spacial score (nSPS) is 13.5. The van der Waals surface area contributed by atoms with Gasteiger partial charge in [-0.3, -0.25) is 4.79 Å². The molecule has 3 aromatic rings. The third kappa shape index (κ3) is 4.21. The molecule has 0 spiro atoms. The Hall–Kier alpha value is -3.58. The zero-order valence-corrected chi connectivity index (χ0v) is 17.2. The lowest BCUT2D eigenvalue weighted by atomic mass is 10.0. The number of nitrogens with zero attached hydrogens (tertiary/aromatic N) is 2. The molecule has 1 aliphatic rings. The first-order valence-electron chi connectivity index (χ1n) is 10.4. The highest BCUT2D eigenvalue weighted by atomic mass is 16.1. The van der Waals surface area contributed by atoms with Gasteiger partial charge in [-0.2, -0.15) is 5.26 Å². The molecular formula is C26H25N3O. The largest absolute Gasteiger partial charge is 0.372 e. The van der Waals surface area contributed by atoms with Gasteiger partial charge >= 0.3 is 0 Å². The molecule has 150 valence electrons. The monoisotopic (exact) mass is 395 g/mol. The minimum atomic E-state index is -0.187. The number of aryl methyl sites for hydroxylation is 1. The summed E-state index contributed by atoms with van der Waals surface area (Å²) in [6.45, 7) is 4.00. The predicted octanol–water partition coefficient (Wildman–Crippen LogP) is 5.78. The maximum Gasteiger partial charge on any atom is 0.256 e. The van der Waals surface area contributed by atoms with Gasteiger partial charge < -0.3 is 10.2 Å². The number of nitriles is 1. The number of hydrogen-bond donors (Lipinski definition) is 1. The molecule has 3 aromatic carbocycles.